The summed E-state index contributed by atoms with van der Waals surface area (Å²) < 4.78 is 3.00. The number of aryl methyl sites for hydroxylation is 1. The molecule has 7 nitrogen and oxygen atoms in total. The molecule has 0 radical (unpaired) electrons. The third kappa shape index (κ3) is 3.02. The van der Waals surface area contributed by atoms with E-state index in [0.29, 0.717) is 29.3 Å². The Kier molecular flexibility index (Phi) is 4.01. The fourth-order valence-corrected chi connectivity index (χ4v) is 5.80. The minimum absolute atomic E-state index is 0.488. The molecule has 150 valence electrons. The second-order valence-electron chi connectivity index (χ2n) is 8.37. The molecule has 0 spiro atoms. The quantitative estimate of drug-likeness (QED) is 0.528. The van der Waals surface area contributed by atoms with Crippen LogP contribution in [0.3, 0.4) is 0 Å². The predicted octanol–water partition coefficient (Wildman–Crippen LogP) is 3.88. The summed E-state index contributed by atoms with van der Waals surface area (Å²) in [5, 5.41) is 17.9. The van der Waals surface area contributed by atoms with Crippen LogP contribution in [-0.4, -0.2) is 37.5 Å². The van der Waals surface area contributed by atoms with Crippen molar-refractivity contribution in [1.29, 1.82) is 5.26 Å². The number of nitrogens with one attached hydrogen (secondary N) is 2. The molecule has 2 bridgehead atoms. The third-order valence-electron chi connectivity index (χ3n) is 6.16. The second kappa shape index (κ2) is 6.76. The van der Waals surface area contributed by atoms with Gasteiger partial charge in [0.05, 0.1) is 27.8 Å². The van der Waals surface area contributed by atoms with Crippen LogP contribution in [0.15, 0.2) is 30.7 Å². The largest absolute Gasteiger partial charge is 0.359 e. The number of hydrogen-bond acceptors (Lipinski definition) is 7. The van der Waals surface area contributed by atoms with Crippen LogP contribution in [0.1, 0.15) is 36.9 Å². The Labute approximate surface area is 177 Å². The summed E-state index contributed by atoms with van der Waals surface area (Å²) in [7, 11) is 0. The topological polar surface area (TPSA) is 90.9 Å². The van der Waals surface area contributed by atoms with Gasteiger partial charge in [0.1, 0.15) is 11.6 Å². The molecule has 6 rings (SSSR count). The van der Waals surface area contributed by atoms with Crippen LogP contribution < -0.4 is 10.6 Å². The maximum absolute atomic E-state index is 9.54. The monoisotopic (exact) mass is 415 g/mol. The van der Waals surface area contributed by atoms with Gasteiger partial charge in [-0.3, -0.25) is 4.98 Å². The summed E-state index contributed by atoms with van der Waals surface area (Å²) in [6, 6.07) is 7.98. The Balaban J connectivity index is 1.32. The molecule has 0 amide bonds. The van der Waals surface area contributed by atoms with Crippen LogP contribution in [0, 0.1) is 18.3 Å². The van der Waals surface area contributed by atoms with E-state index in [1.807, 2.05) is 36.0 Å². The lowest BCUT2D eigenvalue weighted by Gasteiger charge is -2.29. The van der Waals surface area contributed by atoms with Crippen molar-refractivity contribution in [2.24, 2.45) is 0 Å². The molecule has 2 fully saturated rings. The van der Waals surface area contributed by atoms with E-state index in [4.69, 9.17) is 4.98 Å². The van der Waals surface area contributed by atoms with E-state index in [9.17, 15) is 5.26 Å². The van der Waals surface area contributed by atoms with Gasteiger partial charge in [-0.2, -0.15) is 5.26 Å². The lowest BCUT2D eigenvalue weighted by atomic mass is 10.0. The van der Waals surface area contributed by atoms with E-state index in [1.165, 1.54) is 12.8 Å². The highest BCUT2D eigenvalue weighted by Gasteiger charge is 2.33. The number of thiazole rings is 1. The number of nitrogens with zero attached hydrogens (tertiary/aromatic N) is 5. The summed E-state index contributed by atoms with van der Waals surface area (Å²) in [4.78, 5) is 13.8. The average molecular weight is 416 g/mol. The summed E-state index contributed by atoms with van der Waals surface area (Å²) in [6.45, 7) is 1.93. The first-order chi connectivity index (χ1) is 14.6. The van der Waals surface area contributed by atoms with Gasteiger partial charge in [-0.05, 0) is 44.7 Å². The molecule has 0 aliphatic carbocycles. The number of aromatic nitrogens is 4. The molecule has 2 saturated heterocycles. The van der Waals surface area contributed by atoms with Gasteiger partial charge in [0.2, 0.25) is 0 Å². The molecular formula is C22H21N7S. The van der Waals surface area contributed by atoms with E-state index in [0.717, 1.165) is 45.1 Å². The summed E-state index contributed by atoms with van der Waals surface area (Å²) in [6.07, 6.45) is 10.7. The van der Waals surface area contributed by atoms with Gasteiger partial charge in [-0.15, -0.1) is 0 Å². The van der Waals surface area contributed by atoms with Crippen LogP contribution in [0.4, 0.5) is 5.13 Å². The van der Waals surface area contributed by atoms with Crippen molar-refractivity contribution in [3.8, 4) is 17.3 Å². The molecule has 4 aromatic heterocycles. The molecule has 0 saturated carbocycles. The zero-order valence-corrected chi connectivity index (χ0v) is 17.4. The Morgan fingerprint density at radius 1 is 1.20 bits per heavy atom. The van der Waals surface area contributed by atoms with E-state index in [2.05, 4.69) is 32.7 Å². The number of fused-ring (bicyclic) bond motifs is 4. The smallest absolute Gasteiger partial charge is 0.184 e. The van der Waals surface area contributed by atoms with Crippen molar-refractivity contribution in [3.05, 3.63) is 42.0 Å². The van der Waals surface area contributed by atoms with Gasteiger partial charge in [0.25, 0.3) is 0 Å². The van der Waals surface area contributed by atoms with Crippen molar-refractivity contribution < 1.29 is 0 Å². The highest BCUT2D eigenvalue weighted by Crippen LogP contribution is 2.33. The van der Waals surface area contributed by atoms with Gasteiger partial charge >= 0.3 is 0 Å². The molecule has 2 N–H and O–H groups in total. The van der Waals surface area contributed by atoms with Gasteiger partial charge in [0.15, 0.2) is 10.8 Å². The molecule has 4 aromatic rings. The average Bonchev–Trinajstić information content (AvgIpc) is 3.41. The van der Waals surface area contributed by atoms with Crippen LogP contribution in [0.5, 0.6) is 0 Å². The highest BCUT2D eigenvalue weighted by molar-refractivity contribution is 7.22. The Bertz CT molecular complexity index is 1300. The van der Waals surface area contributed by atoms with Gasteiger partial charge < -0.3 is 15.0 Å². The third-order valence-corrected chi connectivity index (χ3v) is 7.11. The van der Waals surface area contributed by atoms with E-state index >= 15 is 0 Å². The summed E-state index contributed by atoms with van der Waals surface area (Å²) in [5.74, 6) is 0. The zero-order valence-electron chi connectivity index (χ0n) is 16.6. The van der Waals surface area contributed by atoms with Crippen molar-refractivity contribution in [2.75, 3.05) is 5.32 Å². The lowest BCUT2D eigenvalue weighted by molar-refractivity contribution is 0.378. The molecule has 30 heavy (non-hydrogen) atoms. The number of nitriles is 1. The first-order valence-corrected chi connectivity index (χ1v) is 11.2. The molecule has 8 heteroatoms. The van der Waals surface area contributed by atoms with Crippen LogP contribution in [0.2, 0.25) is 0 Å². The minimum atomic E-state index is 0.488. The summed E-state index contributed by atoms with van der Waals surface area (Å²) >= 11 is 1.67. The van der Waals surface area contributed by atoms with Crippen LogP contribution >= 0.6 is 11.3 Å². The van der Waals surface area contributed by atoms with Crippen molar-refractivity contribution >= 4 is 32.3 Å². The zero-order chi connectivity index (χ0) is 20.2. The molecule has 2 aliphatic rings. The van der Waals surface area contributed by atoms with Gasteiger partial charge in [-0.25, -0.2) is 9.97 Å². The second-order valence-corrected chi connectivity index (χ2v) is 9.40. The normalized spacial score (nSPS) is 23.1. The van der Waals surface area contributed by atoms with Gasteiger partial charge in [-0.1, -0.05) is 11.3 Å². The molecular weight excluding hydrogens is 394 g/mol. The standard InChI is InChI=1S/C22H21N7S/c1-12-10-29-11-14(4-13(8-23)21(29)25-12)18-7-20-19(9-24-18)28-22(30-20)27-17-5-15-2-3-16(6-17)26-15/h4,7,9-11,15-17,26H,2-3,5-6H2,1H3,(H,27,28)/t15-,16+,17?. The maximum atomic E-state index is 9.54. The first-order valence-electron chi connectivity index (χ1n) is 10.3. The number of piperidine rings is 1. The van der Waals surface area contributed by atoms with Crippen LogP contribution in [-0.2, 0) is 0 Å². The number of anilines is 1. The fourth-order valence-electron chi connectivity index (χ4n) is 4.84. The number of rotatable bonds is 3. The Morgan fingerprint density at radius 3 is 2.83 bits per heavy atom. The van der Waals surface area contributed by atoms with Crippen molar-refractivity contribution in [1.82, 2.24) is 24.7 Å². The predicted molar refractivity (Wildman–Crippen MR) is 118 cm³/mol. The van der Waals surface area contributed by atoms with Crippen LogP contribution in [0.25, 0.3) is 27.1 Å². The number of imidazole rings is 1. The molecule has 1 unspecified atom stereocenters. The minimum Gasteiger partial charge on any atom is -0.359 e. The first kappa shape index (κ1) is 17.8. The molecule has 3 atom stereocenters. The molecule has 6 heterocycles. The highest BCUT2D eigenvalue weighted by atomic mass is 32.1. The maximum Gasteiger partial charge on any atom is 0.184 e. The Hall–Kier alpha value is -3.02. The SMILES string of the molecule is Cc1cn2cc(-c3cc4sc(NC5C[C@H]6CC[C@@H](C5)N6)nc4cn3)cc(C#N)c2n1. The van der Waals surface area contributed by atoms with Crippen molar-refractivity contribution in [2.45, 2.75) is 50.7 Å². The fraction of sp³-hybridized carbons (Fsp3) is 0.364. The van der Waals surface area contributed by atoms with E-state index in [1.54, 1.807) is 11.3 Å². The Morgan fingerprint density at radius 2 is 2.03 bits per heavy atom. The van der Waals surface area contributed by atoms with Gasteiger partial charge in [0, 0.05) is 36.1 Å². The number of hydrogen-bond donors (Lipinski definition) is 2. The lowest BCUT2D eigenvalue weighted by Crippen LogP contribution is -2.43. The molecule has 0 aromatic carbocycles. The van der Waals surface area contributed by atoms with Crippen molar-refractivity contribution in [3.63, 3.8) is 0 Å². The summed E-state index contributed by atoms with van der Waals surface area (Å²) in [5.41, 5.74) is 4.76. The van der Waals surface area contributed by atoms with E-state index < -0.39 is 0 Å². The molecule has 2 aliphatic heterocycles. The number of pyridine rings is 2. The van der Waals surface area contributed by atoms with E-state index in [-0.39, 0.29) is 0 Å².